The van der Waals surface area contributed by atoms with Crippen LogP contribution in [0.1, 0.15) is 52.9 Å². The van der Waals surface area contributed by atoms with Gasteiger partial charge < -0.3 is 14.5 Å². The van der Waals surface area contributed by atoms with Crippen LogP contribution < -0.4 is 0 Å². The number of hydrogen-bond acceptors (Lipinski definition) is 3. The van der Waals surface area contributed by atoms with Crippen molar-refractivity contribution < 1.29 is 14.3 Å². The second-order valence-corrected chi connectivity index (χ2v) is 6.54. The Balaban J connectivity index is 1.78. The Morgan fingerprint density at radius 1 is 1.19 bits per heavy atom. The van der Waals surface area contributed by atoms with Gasteiger partial charge in [0.2, 0.25) is 11.8 Å². The van der Waals surface area contributed by atoms with E-state index in [0.717, 1.165) is 12.8 Å². The van der Waals surface area contributed by atoms with Gasteiger partial charge in [-0.25, -0.2) is 0 Å². The van der Waals surface area contributed by atoms with Gasteiger partial charge >= 0.3 is 0 Å². The van der Waals surface area contributed by atoms with Gasteiger partial charge in [0.15, 0.2) is 0 Å². The summed E-state index contributed by atoms with van der Waals surface area (Å²) in [5.74, 6) is 0.172. The van der Waals surface area contributed by atoms with E-state index in [-0.39, 0.29) is 30.6 Å². The van der Waals surface area contributed by atoms with Crippen molar-refractivity contribution in [2.24, 2.45) is 0 Å². The van der Waals surface area contributed by atoms with Crippen molar-refractivity contribution in [3.8, 4) is 0 Å². The Kier molecular flexibility index (Phi) is 5.62. The monoisotopic (exact) mass is 296 g/mol. The maximum absolute atomic E-state index is 12.5. The first-order chi connectivity index (χ1) is 9.99. The molecule has 0 atom stereocenters. The fraction of sp³-hybridized carbons (Fsp3) is 0.875. The van der Waals surface area contributed by atoms with Gasteiger partial charge in [-0.3, -0.25) is 9.59 Å². The van der Waals surface area contributed by atoms with Crippen LogP contribution in [0.3, 0.4) is 0 Å². The minimum Gasteiger partial charge on any atom is -0.365 e. The second kappa shape index (κ2) is 7.25. The Bertz CT molecular complexity index is 372. The normalized spacial score (nSPS) is 20.5. The summed E-state index contributed by atoms with van der Waals surface area (Å²) >= 11 is 0. The molecule has 0 aromatic rings. The van der Waals surface area contributed by atoms with E-state index >= 15 is 0 Å². The first kappa shape index (κ1) is 16.3. The molecule has 5 nitrogen and oxygen atoms in total. The van der Waals surface area contributed by atoms with E-state index in [4.69, 9.17) is 4.74 Å². The Morgan fingerprint density at radius 3 is 2.33 bits per heavy atom. The molecular formula is C16H28N2O3. The first-order valence-corrected chi connectivity index (χ1v) is 8.17. The smallest absolute Gasteiger partial charge is 0.249 e. The maximum Gasteiger partial charge on any atom is 0.249 e. The number of ether oxygens (including phenoxy) is 1. The third-order valence-corrected chi connectivity index (χ3v) is 4.55. The number of carbonyl (C=O) groups excluding carboxylic acids is 2. The van der Waals surface area contributed by atoms with Crippen molar-refractivity contribution in [3.63, 3.8) is 0 Å². The Morgan fingerprint density at radius 2 is 1.81 bits per heavy atom. The third kappa shape index (κ3) is 4.19. The molecule has 0 spiro atoms. The average molecular weight is 296 g/mol. The molecule has 1 saturated carbocycles. The number of rotatable bonds is 5. The predicted octanol–water partition coefficient (Wildman–Crippen LogP) is 1.80. The lowest BCUT2D eigenvalue weighted by atomic mass is 9.93. The van der Waals surface area contributed by atoms with Crippen LogP contribution in [-0.2, 0) is 14.3 Å². The molecule has 1 aliphatic heterocycles. The molecule has 1 saturated heterocycles. The van der Waals surface area contributed by atoms with Crippen LogP contribution in [-0.4, -0.2) is 59.5 Å². The molecule has 120 valence electrons. The summed E-state index contributed by atoms with van der Waals surface area (Å²) in [6, 6.07) is 0.601. The molecule has 2 rings (SSSR count). The largest absolute Gasteiger partial charge is 0.365 e. The van der Waals surface area contributed by atoms with Crippen LogP contribution in [0.4, 0.5) is 0 Å². The van der Waals surface area contributed by atoms with E-state index in [0.29, 0.717) is 19.1 Å². The van der Waals surface area contributed by atoms with Gasteiger partial charge in [0.1, 0.15) is 6.61 Å². The molecule has 2 amide bonds. The van der Waals surface area contributed by atoms with E-state index in [1.165, 1.54) is 19.3 Å². The molecular weight excluding hydrogens is 268 g/mol. The van der Waals surface area contributed by atoms with E-state index in [1.54, 1.807) is 11.8 Å². The lowest BCUT2D eigenvalue weighted by Gasteiger charge is -2.40. The summed E-state index contributed by atoms with van der Waals surface area (Å²) in [4.78, 5) is 27.3. The van der Waals surface area contributed by atoms with Crippen molar-refractivity contribution in [1.29, 1.82) is 0 Å². The van der Waals surface area contributed by atoms with Gasteiger partial charge in [-0.05, 0) is 26.7 Å². The van der Waals surface area contributed by atoms with Crippen molar-refractivity contribution in [2.75, 3.05) is 19.7 Å². The molecule has 0 aromatic heterocycles. The SMILES string of the molecule is CC(=O)N1CC(OCC(=O)N(C(C)C)C2CCCCC2)C1. The van der Waals surface area contributed by atoms with E-state index in [1.807, 2.05) is 4.90 Å². The quantitative estimate of drug-likeness (QED) is 0.777. The topological polar surface area (TPSA) is 49.9 Å². The zero-order valence-electron chi connectivity index (χ0n) is 13.5. The number of hydrogen-bond donors (Lipinski definition) is 0. The molecule has 2 fully saturated rings. The summed E-state index contributed by atoms with van der Waals surface area (Å²) in [5, 5.41) is 0. The first-order valence-electron chi connectivity index (χ1n) is 8.17. The van der Waals surface area contributed by atoms with Gasteiger partial charge in [-0.2, -0.15) is 0 Å². The highest BCUT2D eigenvalue weighted by Crippen LogP contribution is 2.24. The van der Waals surface area contributed by atoms with Crippen molar-refractivity contribution in [2.45, 2.75) is 71.1 Å². The number of amides is 2. The van der Waals surface area contributed by atoms with E-state index < -0.39 is 0 Å². The zero-order chi connectivity index (χ0) is 15.4. The van der Waals surface area contributed by atoms with Crippen molar-refractivity contribution in [3.05, 3.63) is 0 Å². The predicted molar refractivity (Wildman–Crippen MR) is 80.8 cm³/mol. The molecule has 2 aliphatic rings. The van der Waals surface area contributed by atoms with Gasteiger partial charge in [0.25, 0.3) is 0 Å². The molecule has 1 aliphatic carbocycles. The standard InChI is InChI=1S/C16H28N2O3/c1-12(2)18(14-7-5-4-6-8-14)16(20)11-21-15-9-17(10-15)13(3)19/h12,14-15H,4-11H2,1-3H3. The van der Waals surface area contributed by atoms with E-state index in [9.17, 15) is 9.59 Å². The maximum atomic E-state index is 12.5. The Hall–Kier alpha value is -1.10. The minimum atomic E-state index is 0.0261. The van der Waals surface area contributed by atoms with Crippen molar-refractivity contribution >= 4 is 11.8 Å². The summed E-state index contributed by atoms with van der Waals surface area (Å²) in [6.07, 6.45) is 5.99. The molecule has 0 unspecified atom stereocenters. The van der Waals surface area contributed by atoms with Gasteiger partial charge in [-0.15, -0.1) is 0 Å². The van der Waals surface area contributed by atoms with Crippen LogP contribution in [0.25, 0.3) is 0 Å². The van der Waals surface area contributed by atoms with E-state index in [2.05, 4.69) is 13.8 Å². The zero-order valence-corrected chi connectivity index (χ0v) is 13.5. The number of carbonyl (C=O) groups is 2. The Labute approximate surface area is 127 Å². The summed E-state index contributed by atoms with van der Waals surface area (Å²) in [5.41, 5.74) is 0. The van der Waals surface area contributed by atoms with Gasteiger partial charge in [0.05, 0.1) is 6.10 Å². The highest BCUT2D eigenvalue weighted by atomic mass is 16.5. The fourth-order valence-corrected chi connectivity index (χ4v) is 3.34. The minimum absolute atomic E-state index is 0.0261. The lowest BCUT2D eigenvalue weighted by molar-refractivity contribution is -0.152. The molecule has 0 bridgehead atoms. The summed E-state index contributed by atoms with van der Waals surface area (Å²) in [6.45, 7) is 7.10. The molecule has 5 heteroatoms. The van der Waals surface area contributed by atoms with Crippen LogP contribution >= 0.6 is 0 Å². The third-order valence-electron chi connectivity index (χ3n) is 4.55. The van der Waals surface area contributed by atoms with Gasteiger partial charge in [0, 0.05) is 32.1 Å². The average Bonchev–Trinajstić information content (AvgIpc) is 2.37. The lowest BCUT2D eigenvalue weighted by Crippen LogP contribution is -2.55. The second-order valence-electron chi connectivity index (χ2n) is 6.54. The van der Waals surface area contributed by atoms with Crippen LogP contribution in [0.15, 0.2) is 0 Å². The molecule has 0 radical (unpaired) electrons. The fourth-order valence-electron chi connectivity index (χ4n) is 3.34. The van der Waals surface area contributed by atoms with Crippen LogP contribution in [0.2, 0.25) is 0 Å². The summed E-state index contributed by atoms with van der Waals surface area (Å²) in [7, 11) is 0. The molecule has 0 N–H and O–H groups in total. The molecule has 0 aromatic carbocycles. The van der Waals surface area contributed by atoms with Crippen LogP contribution in [0.5, 0.6) is 0 Å². The van der Waals surface area contributed by atoms with Crippen LogP contribution in [0, 0.1) is 0 Å². The van der Waals surface area contributed by atoms with Crippen molar-refractivity contribution in [1.82, 2.24) is 9.80 Å². The molecule has 21 heavy (non-hydrogen) atoms. The molecule has 1 heterocycles. The highest BCUT2D eigenvalue weighted by molar-refractivity contribution is 5.78. The summed E-state index contributed by atoms with van der Waals surface area (Å²) < 4.78 is 5.66. The number of likely N-dealkylation sites (tertiary alicyclic amines) is 1. The highest BCUT2D eigenvalue weighted by Gasteiger charge is 2.32. The van der Waals surface area contributed by atoms with Gasteiger partial charge in [-0.1, -0.05) is 19.3 Å². The number of nitrogens with zero attached hydrogens (tertiary/aromatic N) is 2.